The van der Waals surface area contributed by atoms with E-state index in [4.69, 9.17) is 18.9 Å². The molecule has 22 heavy (non-hydrogen) atoms. The van der Waals surface area contributed by atoms with Crippen molar-refractivity contribution in [2.24, 2.45) is 0 Å². The van der Waals surface area contributed by atoms with Crippen LogP contribution in [-0.4, -0.2) is 54.0 Å². The van der Waals surface area contributed by atoms with Crippen LogP contribution in [0.5, 0.6) is 17.2 Å². The molecular formula is C15H24N2O5. The maximum absolute atomic E-state index is 11.7. The van der Waals surface area contributed by atoms with Gasteiger partial charge in [0.05, 0.1) is 34.5 Å². The van der Waals surface area contributed by atoms with Gasteiger partial charge in [0, 0.05) is 31.8 Å². The molecule has 2 N–H and O–H groups in total. The quantitative estimate of drug-likeness (QED) is 0.615. The Labute approximate surface area is 130 Å². The summed E-state index contributed by atoms with van der Waals surface area (Å²) >= 11 is 0. The number of amides is 1. The molecule has 1 aromatic carbocycles. The fraction of sp³-hybridized carbons (Fsp3) is 0.533. The van der Waals surface area contributed by atoms with Gasteiger partial charge in [-0.15, -0.1) is 0 Å². The molecular weight excluding hydrogens is 288 g/mol. The highest BCUT2D eigenvalue weighted by molar-refractivity contribution is 5.78. The van der Waals surface area contributed by atoms with Crippen molar-refractivity contribution in [1.29, 1.82) is 0 Å². The summed E-state index contributed by atoms with van der Waals surface area (Å²) in [7, 11) is 6.31. The van der Waals surface area contributed by atoms with Crippen molar-refractivity contribution >= 4 is 5.91 Å². The monoisotopic (exact) mass is 312 g/mol. The first-order chi connectivity index (χ1) is 10.7. The topological polar surface area (TPSA) is 78.1 Å². The summed E-state index contributed by atoms with van der Waals surface area (Å²) in [6, 6.07) is 3.52. The molecule has 1 aromatic rings. The van der Waals surface area contributed by atoms with Crippen LogP contribution in [0.15, 0.2) is 12.1 Å². The highest BCUT2D eigenvalue weighted by atomic mass is 16.5. The lowest BCUT2D eigenvalue weighted by molar-refractivity contribution is -0.120. The van der Waals surface area contributed by atoms with Gasteiger partial charge in [-0.3, -0.25) is 4.79 Å². The van der Waals surface area contributed by atoms with Crippen molar-refractivity contribution in [1.82, 2.24) is 10.6 Å². The van der Waals surface area contributed by atoms with Crippen LogP contribution in [0.1, 0.15) is 5.56 Å². The Hall–Kier alpha value is -1.99. The maximum Gasteiger partial charge on any atom is 0.234 e. The van der Waals surface area contributed by atoms with Gasteiger partial charge >= 0.3 is 0 Å². The zero-order chi connectivity index (χ0) is 16.4. The van der Waals surface area contributed by atoms with E-state index in [-0.39, 0.29) is 12.5 Å². The van der Waals surface area contributed by atoms with E-state index in [2.05, 4.69) is 10.6 Å². The number of hydrogen-bond acceptors (Lipinski definition) is 6. The highest BCUT2D eigenvalue weighted by Crippen LogP contribution is 2.34. The predicted octanol–water partition coefficient (Wildman–Crippen LogP) is 0.565. The minimum Gasteiger partial charge on any atom is -0.496 e. The Bertz CT molecular complexity index is 479. The molecule has 0 fully saturated rings. The van der Waals surface area contributed by atoms with Gasteiger partial charge in [0.15, 0.2) is 11.5 Å². The van der Waals surface area contributed by atoms with E-state index in [9.17, 15) is 4.79 Å². The third-order valence-corrected chi connectivity index (χ3v) is 3.03. The van der Waals surface area contributed by atoms with Crippen molar-refractivity contribution in [3.8, 4) is 17.2 Å². The highest BCUT2D eigenvalue weighted by Gasteiger charge is 2.12. The second-order valence-corrected chi connectivity index (χ2v) is 4.47. The Kier molecular flexibility index (Phi) is 8.09. The van der Waals surface area contributed by atoms with E-state index in [1.807, 2.05) is 0 Å². The van der Waals surface area contributed by atoms with Gasteiger partial charge in [0.1, 0.15) is 5.75 Å². The van der Waals surface area contributed by atoms with E-state index in [0.717, 1.165) is 5.56 Å². The Balaban J connectivity index is 2.62. The summed E-state index contributed by atoms with van der Waals surface area (Å²) in [6.07, 6.45) is 0. The molecule has 0 aliphatic carbocycles. The maximum atomic E-state index is 11.7. The average molecular weight is 312 g/mol. The third kappa shape index (κ3) is 5.42. The summed E-state index contributed by atoms with van der Waals surface area (Å²) < 4.78 is 20.7. The average Bonchev–Trinajstić information content (AvgIpc) is 2.55. The van der Waals surface area contributed by atoms with Gasteiger partial charge < -0.3 is 29.6 Å². The summed E-state index contributed by atoms with van der Waals surface area (Å²) in [5.41, 5.74) is 0.811. The first-order valence-corrected chi connectivity index (χ1v) is 6.91. The zero-order valence-corrected chi connectivity index (χ0v) is 13.5. The standard InChI is InChI=1S/C15H24N2O5/c1-19-6-5-16-10-15(18)17-9-11-7-13(21-3)14(22-4)8-12(11)20-2/h7-8,16H,5-6,9-10H2,1-4H3,(H,17,18). The molecule has 0 spiro atoms. The van der Waals surface area contributed by atoms with Crippen LogP contribution >= 0.6 is 0 Å². The Morgan fingerprint density at radius 3 is 2.23 bits per heavy atom. The van der Waals surface area contributed by atoms with Crippen molar-refractivity contribution in [2.45, 2.75) is 6.54 Å². The second kappa shape index (κ2) is 9.86. The third-order valence-electron chi connectivity index (χ3n) is 3.03. The van der Waals surface area contributed by atoms with Crippen LogP contribution in [-0.2, 0) is 16.1 Å². The fourth-order valence-electron chi connectivity index (χ4n) is 1.86. The van der Waals surface area contributed by atoms with Crippen LogP contribution < -0.4 is 24.8 Å². The second-order valence-electron chi connectivity index (χ2n) is 4.47. The zero-order valence-electron chi connectivity index (χ0n) is 13.5. The van der Waals surface area contributed by atoms with Crippen molar-refractivity contribution < 1.29 is 23.7 Å². The number of hydrogen-bond donors (Lipinski definition) is 2. The minimum absolute atomic E-state index is 0.104. The molecule has 7 nitrogen and oxygen atoms in total. The number of ether oxygens (including phenoxy) is 4. The van der Waals surface area contributed by atoms with Crippen molar-refractivity contribution in [3.63, 3.8) is 0 Å². The minimum atomic E-state index is -0.104. The van der Waals surface area contributed by atoms with Crippen LogP contribution in [0.3, 0.4) is 0 Å². The van der Waals surface area contributed by atoms with Crippen LogP contribution in [0.2, 0.25) is 0 Å². The number of carbonyl (C=O) groups is 1. The van der Waals surface area contributed by atoms with Gasteiger partial charge in [-0.1, -0.05) is 0 Å². The van der Waals surface area contributed by atoms with E-state index in [0.29, 0.717) is 36.9 Å². The molecule has 0 aromatic heterocycles. The number of carbonyl (C=O) groups excluding carboxylic acids is 1. The molecule has 0 bridgehead atoms. The van der Waals surface area contributed by atoms with Gasteiger partial charge in [-0.05, 0) is 6.07 Å². The molecule has 0 radical (unpaired) electrons. The molecule has 7 heteroatoms. The lowest BCUT2D eigenvalue weighted by Crippen LogP contribution is -2.34. The van der Waals surface area contributed by atoms with Gasteiger partial charge in [0.2, 0.25) is 5.91 Å². The normalized spacial score (nSPS) is 10.2. The molecule has 0 aliphatic rings. The number of nitrogens with one attached hydrogen (secondary N) is 2. The molecule has 0 atom stereocenters. The first-order valence-electron chi connectivity index (χ1n) is 6.91. The fourth-order valence-corrected chi connectivity index (χ4v) is 1.86. The van der Waals surface area contributed by atoms with Gasteiger partial charge in [0.25, 0.3) is 0 Å². The van der Waals surface area contributed by atoms with Gasteiger partial charge in [-0.2, -0.15) is 0 Å². The molecule has 0 saturated heterocycles. The molecule has 1 amide bonds. The molecule has 0 saturated carbocycles. The molecule has 0 aliphatic heterocycles. The SMILES string of the molecule is COCCNCC(=O)NCc1cc(OC)c(OC)cc1OC. The molecule has 124 valence electrons. The predicted molar refractivity (Wildman–Crippen MR) is 82.7 cm³/mol. The lowest BCUT2D eigenvalue weighted by Gasteiger charge is -2.14. The largest absolute Gasteiger partial charge is 0.496 e. The van der Waals surface area contributed by atoms with E-state index >= 15 is 0 Å². The van der Waals surface area contributed by atoms with Crippen LogP contribution in [0.4, 0.5) is 0 Å². The van der Waals surface area contributed by atoms with Crippen LogP contribution in [0, 0.1) is 0 Å². The number of benzene rings is 1. The Morgan fingerprint density at radius 1 is 1.00 bits per heavy atom. The van der Waals surface area contributed by atoms with Gasteiger partial charge in [-0.25, -0.2) is 0 Å². The van der Waals surface area contributed by atoms with E-state index in [1.165, 1.54) is 0 Å². The first kappa shape index (κ1) is 18.1. The molecule has 0 unspecified atom stereocenters. The van der Waals surface area contributed by atoms with E-state index in [1.54, 1.807) is 40.6 Å². The smallest absolute Gasteiger partial charge is 0.234 e. The van der Waals surface area contributed by atoms with E-state index < -0.39 is 0 Å². The molecule has 0 heterocycles. The summed E-state index contributed by atoms with van der Waals surface area (Å²) in [6.45, 7) is 1.77. The lowest BCUT2D eigenvalue weighted by atomic mass is 10.1. The Morgan fingerprint density at radius 2 is 1.64 bits per heavy atom. The summed E-state index contributed by atoms with van der Waals surface area (Å²) in [4.78, 5) is 11.7. The number of methoxy groups -OCH3 is 4. The number of rotatable bonds is 10. The van der Waals surface area contributed by atoms with Crippen molar-refractivity contribution in [3.05, 3.63) is 17.7 Å². The summed E-state index contributed by atoms with van der Waals surface area (Å²) in [5, 5.41) is 5.80. The summed E-state index contributed by atoms with van der Waals surface area (Å²) in [5.74, 6) is 1.69. The molecule has 1 rings (SSSR count). The van der Waals surface area contributed by atoms with Crippen molar-refractivity contribution in [2.75, 3.05) is 48.1 Å². The van der Waals surface area contributed by atoms with Crippen LogP contribution in [0.25, 0.3) is 0 Å².